The maximum Gasteiger partial charge on any atom is 0.108 e. The van der Waals surface area contributed by atoms with Crippen molar-refractivity contribution in [3.8, 4) is 0 Å². The van der Waals surface area contributed by atoms with Crippen LogP contribution < -0.4 is 5.32 Å². The van der Waals surface area contributed by atoms with Crippen LogP contribution in [0.15, 0.2) is 22.0 Å². The van der Waals surface area contributed by atoms with Crippen LogP contribution in [0.4, 0.5) is 0 Å². The number of nitrogens with one attached hydrogen (secondary N) is 1. The third-order valence-electron chi connectivity index (χ3n) is 1.52. The van der Waals surface area contributed by atoms with Gasteiger partial charge in [-0.3, -0.25) is 0 Å². The topological polar surface area (TPSA) is 36.8 Å². The lowest BCUT2D eigenvalue weighted by Gasteiger charge is -1.91. The van der Waals surface area contributed by atoms with Crippen LogP contribution >= 0.6 is 0 Å². The largest absolute Gasteiger partial charge is 0.310 e. The van der Waals surface area contributed by atoms with E-state index in [4.69, 9.17) is 0 Å². The van der Waals surface area contributed by atoms with E-state index in [0.717, 1.165) is 13.1 Å². The molecule has 0 spiro atoms. The van der Waals surface area contributed by atoms with Gasteiger partial charge in [0.25, 0.3) is 0 Å². The molecule has 1 saturated heterocycles. The summed E-state index contributed by atoms with van der Waals surface area (Å²) in [4.78, 5) is 0. The van der Waals surface area contributed by atoms with E-state index in [1.165, 1.54) is 5.57 Å². The Morgan fingerprint density at radius 1 is 1.75 bits per heavy atom. The highest BCUT2D eigenvalue weighted by atomic mass is 15.2. The Labute approximate surface area is 47.5 Å². The lowest BCUT2D eigenvalue weighted by Crippen LogP contribution is -2.09. The number of nitrogens with zero attached hydrogens (tertiary/aromatic N) is 2. The van der Waals surface area contributed by atoms with Crippen molar-refractivity contribution in [1.29, 1.82) is 0 Å². The molecule has 3 nitrogen and oxygen atoms in total. The van der Waals surface area contributed by atoms with Crippen molar-refractivity contribution in [3.63, 3.8) is 0 Å². The van der Waals surface area contributed by atoms with Gasteiger partial charge in [0.05, 0.1) is 6.20 Å². The van der Waals surface area contributed by atoms with Crippen molar-refractivity contribution in [2.45, 2.75) is 6.04 Å². The molecule has 1 atom stereocenters. The third kappa shape index (κ3) is 0.419. The van der Waals surface area contributed by atoms with Gasteiger partial charge in [0.15, 0.2) is 0 Å². The molecule has 0 unspecified atom stereocenters. The van der Waals surface area contributed by atoms with Crippen molar-refractivity contribution >= 4 is 0 Å². The zero-order valence-electron chi connectivity index (χ0n) is 4.46. The van der Waals surface area contributed by atoms with Crippen molar-refractivity contribution in [2.75, 3.05) is 13.1 Å². The minimum atomic E-state index is 0.384. The predicted octanol–water partition coefficient (Wildman–Crippen LogP) is 0.308. The van der Waals surface area contributed by atoms with Crippen molar-refractivity contribution in [1.82, 2.24) is 5.32 Å². The highest BCUT2D eigenvalue weighted by Crippen LogP contribution is 2.16. The van der Waals surface area contributed by atoms with Gasteiger partial charge < -0.3 is 5.32 Å². The van der Waals surface area contributed by atoms with Crippen LogP contribution in [0.3, 0.4) is 0 Å². The van der Waals surface area contributed by atoms with E-state index in [2.05, 4.69) is 15.5 Å². The Balaban J connectivity index is 2.29. The fourth-order valence-corrected chi connectivity index (χ4v) is 1.04. The molecule has 2 rings (SSSR count). The van der Waals surface area contributed by atoms with E-state index in [0.29, 0.717) is 6.04 Å². The van der Waals surface area contributed by atoms with Gasteiger partial charge in [-0.1, -0.05) is 0 Å². The van der Waals surface area contributed by atoms with Crippen molar-refractivity contribution < 1.29 is 0 Å². The summed E-state index contributed by atoms with van der Waals surface area (Å²) < 4.78 is 0. The van der Waals surface area contributed by atoms with Crippen LogP contribution in [-0.2, 0) is 0 Å². The number of azo groups is 1. The molecule has 0 aromatic carbocycles. The Bertz CT molecular complexity index is 159. The summed E-state index contributed by atoms with van der Waals surface area (Å²) in [6, 6.07) is 0.384. The zero-order chi connectivity index (χ0) is 5.40. The van der Waals surface area contributed by atoms with Crippen LogP contribution in [0.2, 0.25) is 0 Å². The molecule has 2 aliphatic heterocycles. The van der Waals surface area contributed by atoms with Crippen molar-refractivity contribution in [2.24, 2.45) is 10.2 Å². The predicted molar refractivity (Wildman–Crippen MR) is 29.6 cm³/mol. The highest BCUT2D eigenvalue weighted by molar-refractivity contribution is 5.20. The van der Waals surface area contributed by atoms with E-state index in [-0.39, 0.29) is 0 Å². The van der Waals surface area contributed by atoms with Gasteiger partial charge in [-0.05, 0) is 5.57 Å². The molecule has 0 saturated carbocycles. The first-order valence-corrected chi connectivity index (χ1v) is 2.76. The molecule has 0 aromatic rings. The highest BCUT2D eigenvalue weighted by Gasteiger charge is 2.22. The summed E-state index contributed by atoms with van der Waals surface area (Å²) in [5.41, 5.74) is 1.34. The Hall–Kier alpha value is -0.700. The first kappa shape index (κ1) is 4.21. The minimum absolute atomic E-state index is 0.384. The van der Waals surface area contributed by atoms with Gasteiger partial charge in [0.2, 0.25) is 0 Å². The first-order chi connectivity index (χ1) is 3.97. The first-order valence-electron chi connectivity index (χ1n) is 2.76. The second kappa shape index (κ2) is 1.39. The molecule has 1 fully saturated rings. The molecule has 42 valence electrons. The van der Waals surface area contributed by atoms with Gasteiger partial charge >= 0.3 is 0 Å². The van der Waals surface area contributed by atoms with E-state index in [9.17, 15) is 0 Å². The lowest BCUT2D eigenvalue weighted by molar-refractivity contribution is 0.766. The molecular formula is C5H7N3. The second-order valence-corrected chi connectivity index (χ2v) is 2.08. The molecule has 8 heavy (non-hydrogen) atoms. The smallest absolute Gasteiger partial charge is 0.108 e. The molecule has 1 N–H and O–H groups in total. The van der Waals surface area contributed by atoms with Gasteiger partial charge in [-0.2, -0.15) is 10.2 Å². The maximum absolute atomic E-state index is 3.97. The third-order valence-corrected chi connectivity index (χ3v) is 1.52. The Morgan fingerprint density at radius 2 is 2.75 bits per heavy atom. The quantitative estimate of drug-likeness (QED) is 0.477. The average Bonchev–Trinajstić information content (AvgIpc) is 2.15. The fourth-order valence-electron chi connectivity index (χ4n) is 1.04. The fraction of sp³-hybridized carbons (Fsp3) is 0.600. The maximum atomic E-state index is 3.97. The molecule has 0 amide bonds. The number of hydrogen-bond donors (Lipinski definition) is 1. The van der Waals surface area contributed by atoms with E-state index >= 15 is 0 Å². The summed E-state index contributed by atoms with van der Waals surface area (Å²) in [5.74, 6) is 0. The summed E-state index contributed by atoms with van der Waals surface area (Å²) in [7, 11) is 0. The van der Waals surface area contributed by atoms with E-state index < -0.39 is 0 Å². The molecule has 0 radical (unpaired) electrons. The standard InChI is InChI=1S/C5H7N3/c1-4-2-7-8-5(4)3-6-1/h2,5-6H,1,3H2/t5-/m1/s1. The molecule has 0 aliphatic carbocycles. The van der Waals surface area contributed by atoms with Gasteiger partial charge in [0, 0.05) is 13.1 Å². The van der Waals surface area contributed by atoms with Gasteiger partial charge in [0.1, 0.15) is 6.04 Å². The zero-order valence-corrected chi connectivity index (χ0v) is 4.46. The van der Waals surface area contributed by atoms with Crippen LogP contribution in [0.25, 0.3) is 0 Å². The minimum Gasteiger partial charge on any atom is -0.310 e. The van der Waals surface area contributed by atoms with E-state index in [1.807, 2.05) is 6.20 Å². The number of hydrogen-bond acceptors (Lipinski definition) is 3. The van der Waals surface area contributed by atoms with Crippen LogP contribution in [0.1, 0.15) is 0 Å². The number of fused-ring (bicyclic) bond motifs is 1. The SMILES string of the molecule is C1=C2CNC[C@H]2N=N1. The summed E-state index contributed by atoms with van der Waals surface area (Å²) in [6.45, 7) is 1.97. The Morgan fingerprint density at radius 3 is 3.62 bits per heavy atom. The molecular weight excluding hydrogens is 102 g/mol. The van der Waals surface area contributed by atoms with E-state index in [1.54, 1.807) is 0 Å². The molecule has 0 bridgehead atoms. The summed E-state index contributed by atoms with van der Waals surface area (Å²) in [6.07, 6.45) is 1.85. The average molecular weight is 109 g/mol. The lowest BCUT2D eigenvalue weighted by atomic mass is 10.2. The summed E-state index contributed by atoms with van der Waals surface area (Å²) >= 11 is 0. The molecule has 3 heteroatoms. The normalized spacial score (nSPS) is 33.0. The molecule has 0 aromatic heterocycles. The van der Waals surface area contributed by atoms with Gasteiger partial charge in [-0.25, -0.2) is 0 Å². The van der Waals surface area contributed by atoms with Crippen LogP contribution in [-0.4, -0.2) is 19.1 Å². The molecule has 2 aliphatic rings. The van der Waals surface area contributed by atoms with Gasteiger partial charge in [-0.15, -0.1) is 0 Å². The molecule has 2 heterocycles. The summed E-state index contributed by atoms with van der Waals surface area (Å²) in [5, 5.41) is 11.0. The monoisotopic (exact) mass is 109 g/mol. The number of rotatable bonds is 0. The van der Waals surface area contributed by atoms with Crippen LogP contribution in [0, 0.1) is 0 Å². The van der Waals surface area contributed by atoms with Crippen molar-refractivity contribution in [3.05, 3.63) is 11.8 Å². The second-order valence-electron chi connectivity index (χ2n) is 2.08. The Kier molecular flexibility index (Phi) is 0.729. The van der Waals surface area contributed by atoms with Crippen LogP contribution in [0.5, 0.6) is 0 Å².